The zero-order valence-corrected chi connectivity index (χ0v) is 14.6. The van der Waals surface area contributed by atoms with Gasteiger partial charge in [0, 0.05) is 32.6 Å². The molecule has 0 spiro atoms. The number of fused-ring (bicyclic) bond motifs is 1. The topological polar surface area (TPSA) is 99.8 Å². The summed E-state index contributed by atoms with van der Waals surface area (Å²) < 4.78 is 5.28. The first kappa shape index (κ1) is 18.3. The highest BCUT2D eigenvalue weighted by Crippen LogP contribution is 2.19. The molecule has 1 atom stereocenters. The van der Waals surface area contributed by atoms with Crippen LogP contribution in [0, 0.1) is 0 Å². The van der Waals surface area contributed by atoms with Gasteiger partial charge < -0.3 is 20.7 Å². The zero-order valence-electron chi connectivity index (χ0n) is 14.6. The largest absolute Gasteiger partial charge is 0.379 e. The quantitative estimate of drug-likeness (QED) is 0.661. The lowest BCUT2D eigenvalue weighted by Gasteiger charge is -2.26. The highest BCUT2D eigenvalue weighted by atomic mass is 16.5. The molecule has 2 heterocycles. The Balaban J connectivity index is 1.43. The van der Waals surface area contributed by atoms with Gasteiger partial charge >= 0.3 is 0 Å². The molecule has 0 aromatic heterocycles. The van der Waals surface area contributed by atoms with Gasteiger partial charge in [-0.1, -0.05) is 12.1 Å². The lowest BCUT2D eigenvalue weighted by Crippen LogP contribution is -2.43. The molecule has 1 saturated heterocycles. The van der Waals surface area contributed by atoms with Gasteiger partial charge in [-0.05, 0) is 18.6 Å². The minimum absolute atomic E-state index is 0.123. The molecule has 140 valence electrons. The molecule has 1 aromatic rings. The summed E-state index contributed by atoms with van der Waals surface area (Å²) in [6, 6.07) is 6.13. The molecule has 0 radical (unpaired) electrons. The molecule has 8 nitrogen and oxygen atoms in total. The first-order valence-corrected chi connectivity index (χ1v) is 8.91. The average molecular weight is 360 g/mol. The van der Waals surface area contributed by atoms with Gasteiger partial charge in [-0.3, -0.25) is 19.3 Å². The predicted octanol–water partition coefficient (Wildman–Crippen LogP) is -0.0343. The Kier molecular flexibility index (Phi) is 6.19. The maximum Gasteiger partial charge on any atom is 0.254 e. The number of para-hydroxylation sites is 1. The molecule has 2 aliphatic heterocycles. The van der Waals surface area contributed by atoms with Gasteiger partial charge in [-0.15, -0.1) is 0 Å². The third-order valence-corrected chi connectivity index (χ3v) is 4.57. The maximum absolute atomic E-state index is 12.3. The first-order chi connectivity index (χ1) is 12.6. The molecule has 0 unspecified atom stereocenters. The number of ether oxygens (including phenoxy) is 1. The third-order valence-electron chi connectivity index (χ3n) is 4.57. The number of amides is 3. The molecule has 26 heavy (non-hydrogen) atoms. The van der Waals surface area contributed by atoms with E-state index in [1.165, 1.54) is 0 Å². The van der Waals surface area contributed by atoms with Gasteiger partial charge in [0.05, 0.1) is 24.5 Å². The molecule has 3 rings (SSSR count). The molecule has 3 N–H and O–H groups in total. The highest BCUT2D eigenvalue weighted by Gasteiger charge is 2.27. The molecular formula is C18H24N4O4. The minimum atomic E-state index is -0.722. The molecule has 1 aromatic carbocycles. The van der Waals surface area contributed by atoms with Crippen LogP contribution < -0.4 is 16.0 Å². The van der Waals surface area contributed by atoms with Crippen LogP contribution in [0.4, 0.5) is 5.69 Å². The van der Waals surface area contributed by atoms with Gasteiger partial charge in [-0.2, -0.15) is 0 Å². The highest BCUT2D eigenvalue weighted by molar-refractivity contribution is 6.09. The van der Waals surface area contributed by atoms with Gasteiger partial charge in [0.25, 0.3) is 5.91 Å². The SMILES string of the molecule is O=C(CC[C@@H]1NC(=O)c2ccccc2NC1=O)NCCN1CCOCC1. The summed E-state index contributed by atoms with van der Waals surface area (Å²) in [5.74, 6) is -0.733. The summed E-state index contributed by atoms with van der Waals surface area (Å²) >= 11 is 0. The number of carbonyl (C=O) groups excluding carboxylic acids is 3. The van der Waals surface area contributed by atoms with Crippen molar-refractivity contribution >= 4 is 23.4 Å². The molecule has 0 bridgehead atoms. The van der Waals surface area contributed by atoms with E-state index in [9.17, 15) is 14.4 Å². The van der Waals surface area contributed by atoms with E-state index in [1.54, 1.807) is 24.3 Å². The van der Waals surface area contributed by atoms with Crippen LogP contribution >= 0.6 is 0 Å². The lowest BCUT2D eigenvalue weighted by molar-refractivity contribution is -0.121. The summed E-state index contributed by atoms with van der Waals surface area (Å²) in [5.41, 5.74) is 0.922. The molecule has 0 saturated carbocycles. The number of nitrogens with zero attached hydrogens (tertiary/aromatic N) is 1. The van der Waals surface area contributed by atoms with E-state index in [1.807, 2.05) is 0 Å². The molecule has 3 amide bonds. The Hall–Kier alpha value is -2.45. The fourth-order valence-corrected chi connectivity index (χ4v) is 3.06. The minimum Gasteiger partial charge on any atom is -0.379 e. The van der Waals surface area contributed by atoms with E-state index in [-0.39, 0.29) is 30.6 Å². The van der Waals surface area contributed by atoms with Crippen molar-refractivity contribution < 1.29 is 19.1 Å². The van der Waals surface area contributed by atoms with Crippen LogP contribution in [-0.2, 0) is 14.3 Å². The Labute approximate surface area is 152 Å². The van der Waals surface area contributed by atoms with E-state index in [4.69, 9.17) is 4.74 Å². The number of benzene rings is 1. The van der Waals surface area contributed by atoms with Crippen LogP contribution in [0.3, 0.4) is 0 Å². The van der Waals surface area contributed by atoms with E-state index < -0.39 is 6.04 Å². The van der Waals surface area contributed by atoms with Crippen LogP contribution in [0.25, 0.3) is 0 Å². The summed E-state index contributed by atoms with van der Waals surface area (Å²) in [7, 11) is 0. The van der Waals surface area contributed by atoms with Crippen molar-refractivity contribution in [3.05, 3.63) is 29.8 Å². The number of rotatable bonds is 6. The van der Waals surface area contributed by atoms with E-state index in [2.05, 4.69) is 20.9 Å². The predicted molar refractivity (Wildman–Crippen MR) is 95.8 cm³/mol. The number of hydrogen-bond donors (Lipinski definition) is 3. The van der Waals surface area contributed by atoms with Gasteiger partial charge in [0.2, 0.25) is 11.8 Å². The van der Waals surface area contributed by atoms with Crippen molar-refractivity contribution in [3.63, 3.8) is 0 Å². The Morgan fingerprint density at radius 2 is 2.00 bits per heavy atom. The van der Waals surface area contributed by atoms with E-state index >= 15 is 0 Å². The third kappa shape index (κ3) is 4.80. The van der Waals surface area contributed by atoms with Crippen molar-refractivity contribution in [3.8, 4) is 0 Å². The normalized spacial score (nSPS) is 20.5. The summed E-state index contributed by atoms with van der Waals surface area (Å²) in [6.07, 6.45) is 0.437. The molecular weight excluding hydrogens is 336 g/mol. The van der Waals surface area contributed by atoms with E-state index in [0.29, 0.717) is 17.8 Å². The number of nitrogens with one attached hydrogen (secondary N) is 3. The summed E-state index contributed by atoms with van der Waals surface area (Å²) in [4.78, 5) is 38.8. The summed E-state index contributed by atoms with van der Waals surface area (Å²) in [6.45, 7) is 4.56. The monoisotopic (exact) mass is 360 g/mol. The summed E-state index contributed by atoms with van der Waals surface area (Å²) in [5, 5.41) is 8.30. The van der Waals surface area contributed by atoms with Crippen LogP contribution in [0.5, 0.6) is 0 Å². The van der Waals surface area contributed by atoms with Gasteiger partial charge in [0.1, 0.15) is 6.04 Å². The van der Waals surface area contributed by atoms with Crippen molar-refractivity contribution in [2.24, 2.45) is 0 Å². The second-order valence-corrected chi connectivity index (χ2v) is 6.40. The maximum atomic E-state index is 12.3. The van der Waals surface area contributed by atoms with Gasteiger partial charge in [-0.25, -0.2) is 0 Å². The lowest BCUT2D eigenvalue weighted by atomic mass is 10.1. The standard InChI is InChI=1S/C18H24N4O4/c23-16(19-7-8-22-9-11-26-12-10-22)6-5-15-18(25)20-14-4-2-1-3-13(14)17(24)21-15/h1-4,15H,5-12H2,(H,19,23)(H,20,25)(H,21,24)/t15-/m0/s1. The smallest absolute Gasteiger partial charge is 0.254 e. The number of hydrogen-bond acceptors (Lipinski definition) is 5. The van der Waals surface area contributed by atoms with Crippen molar-refractivity contribution in [1.82, 2.24) is 15.5 Å². The molecule has 1 fully saturated rings. The number of anilines is 1. The van der Waals surface area contributed by atoms with Crippen molar-refractivity contribution in [2.45, 2.75) is 18.9 Å². The second-order valence-electron chi connectivity index (χ2n) is 6.40. The van der Waals surface area contributed by atoms with Crippen molar-refractivity contribution in [2.75, 3.05) is 44.7 Å². The van der Waals surface area contributed by atoms with Crippen LogP contribution in [0.15, 0.2) is 24.3 Å². The number of morpholine rings is 1. The van der Waals surface area contributed by atoms with Crippen LogP contribution in [-0.4, -0.2) is 68.1 Å². The zero-order chi connectivity index (χ0) is 18.4. The first-order valence-electron chi connectivity index (χ1n) is 8.91. The molecule has 2 aliphatic rings. The molecule has 8 heteroatoms. The Morgan fingerprint density at radius 1 is 1.23 bits per heavy atom. The fourth-order valence-electron chi connectivity index (χ4n) is 3.06. The van der Waals surface area contributed by atoms with Crippen LogP contribution in [0.1, 0.15) is 23.2 Å². The molecule has 0 aliphatic carbocycles. The Bertz CT molecular complexity index is 673. The Morgan fingerprint density at radius 3 is 2.81 bits per heavy atom. The second kappa shape index (κ2) is 8.77. The van der Waals surface area contributed by atoms with E-state index in [0.717, 1.165) is 32.8 Å². The average Bonchev–Trinajstić information content (AvgIpc) is 2.77. The van der Waals surface area contributed by atoms with Crippen molar-refractivity contribution in [1.29, 1.82) is 0 Å². The van der Waals surface area contributed by atoms with Gasteiger partial charge in [0.15, 0.2) is 0 Å². The number of carbonyl (C=O) groups is 3. The fraction of sp³-hybridized carbons (Fsp3) is 0.500. The van der Waals surface area contributed by atoms with Crippen LogP contribution in [0.2, 0.25) is 0 Å².